The fourth-order valence-corrected chi connectivity index (χ4v) is 2.25. The molecule has 2 heterocycles. The van der Waals surface area contributed by atoms with E-state index in [1.54, 1.807) is 12.1 Å². The van der Waals surface area contributed by atoms with Gasteiger partial charge >= 0.3 is 0 Å². The van der Waals surface area contributed by atoms with Gasteiger partial charge in [0.25, 0.3) is 0 Å². The number of phenols is 1. The number of nitrogens with two attached hydrogens (primary N) is 1. The molecule has 2 aromatic heterocycles. The molecular formula is C16H16N4O. The Kier molecular flexibility index (Phi) is 3.41. The van der Waals surface area contributed by atoms with Crippen molar-refractivity contribution in [1.29, 1.82) is 0 Å². The summed E-state index contributed by atoms with van der Waals surface area (Å²) in [6.07, 6.45) is 0.729. The van der Waals surface area contributed by atoms with Gasteiger partial charge in [-0.2, -0.15) is 0 Å². The first-order valence-electron chi connectivity index (χ1n) is 6.72. The van der Waals surface area contributed by atoms with Gasteiger partial charge in [-0.1, -0.05) is 18.7 Å². The third-order valence-corrected chi connectivity index (χ3v) is 3.38. The molecule has 0 radical (unpaired) electrons. The molecule has 3 rings (SSSR count). The highest BCUT2D eigenvalue weighted by molar-refractivity contribution is 5.84. The molecule has 0 saturated heterocycles. The zero-order valence-electron chi connectivity index (χ0n) is 11.5. The molecule has 1 aromatic carbocycles. The van der Waals surface area contributed by atoms with Gasteiger partial charge in [0, 0.05) is 16.6 Å². The van der Waals surface area contributed by atoms with Crippen molar-refractivity contribution in [3.05, 3.63) is 48.7 Å². The van der Waals surface area contributed by atoms with Crippen LogP contribution >= 0.6 is 0 Å². The van der Waals surface area contributed by atoms with E-state index in [2.05, 4.69) is 21.8 Å². The van der Waals surface area contributed by atoms with Crippen LogP contribution in [0.15, 0.2) is 43.0 Å². The smallest absolute Gasteiger partial charge is 0.160 e. The summed E-state index contributed by atoms with van der Waals surface area (Å²) in [5, 5.41) is 19.2. The van der Waals surface area contributed by atoms with Crippen molar-refractivity contribution in [3.63, 3.8) is 0 Å². The van der Waals surface area contributed by atoms with Gasteiger partial charge in [0.15, 0.2) is 5.65 Å². The minimum atomic E-state index is 0.189. The first kappa shape index (κ1) is 13.3. The van der Waals surface area contributed by atoms with Crippen molar-refractivity contribution in [2.24, 2.45) is 5.73 Å². The molecule has 0 fully saturated rings. The van der Waals surface area contributed by atoms with E-state index >= 15 is 0 Å². The number of hydrogen-bond acceptors (Lipinski definition) is 4. The maximum absolute atomic E-state index is 9.90. The maximum Gasteiger partial charge on any atom is 0.160 e. The Labute approximate surface area is 122 Å². The van der Waals surface area contributed by atoms with Gasteiger partial charge in [-0.3, -0.25) is 0 Å². The van der Waals surface area contributed by atoms with Crippen LogP contribution in [0.2, 0.25) is 0 Å². The highest BCUT2D eigenvalue weighted by Crippen LogP contribution is 2.29. The number of aromatic hydroxyl groups is 1. The number of nitrogens with zero attached hydrogens (tertiary/aromatic N) is 2. The number of para-hydroxylation sites is 1. The van der Waals surface area contributed by atoms with Gasteiger partial charge in [0.05, 0.1) is 5.69 Å². The molecule has 0 aliphatic carbocycles. The van der Waals surface area contributed by atoms with Gasteiger partial charge < -0.3 is 15.8 Å². The second-order valence-corrected chi connectivity index (χ2v) is 4.88. The van der Waals surface area contributed by atoms with Crippen LogP contribution < -0.4 is 5.73 Å². The number of nitrogens with one attached hydrogen (secondary N) is 1. The van der Waals surface area contributed by atoms with Gasteiger partial charge in [0.1, 0.15) is 5.75 Å². The van der Waals surface area contributed by atoms with E-state index in [1.165, 1.54) is 0 Å². The minimum Gasteiger partial charge on any atom is -0.507 e. The molecule has 0 unspecified atom stereocenters. The Hall–Kier alpha value is -2.66. The van der Waals surface area contributed by atoms with Crippen molar-refractivity contribution in [1.82, 2.24) is 15.2 Å². The standard InChI is InChI=1S/C16H16N4O/c1-10(6-7-17)13-8-11-9-14(19-20-16(11)18-13)12-4-2-3-5-15(12)21/h2-5,8-9,21H,1,6-7,17H2,(H,18,20). The van der Waals surface area contributed by atoms with E-state index < -0.39 is 0 Å². The SMILES string of the molecule is C=C(CCN)c1cc2cc(-c3ccccc3O)nnc2[nH]1. The van der Waals surface area contributed by atoms with Crippen LogP contribution in [0, 0.1) is 0 Å². The highest BCUT2D eigenvalue weighted by Gasteiger charge is 2.10. The Morgan fingerprint density at radius 2 is 2.05 bits per heavy atom. The van der Waals surface area contributed by atoms with E-state index in [0.717, 1.165) is 23.1 Å². The summed E-state index contributed by atoms with van der Waals surface area (Å²) in [6, 6.07) is 10.9. The molecule has 0 aliphatic heterocycles. The van der Waals surface area contributed by atoms with Gasteiger partial charge in [-0.25, -0.2) is 0 Å². The molecule has 5 heteroatoms. The number of aromatic nitrogens is 3. The van der Waals surface area contributed by atoms with Crippen LogP contribution in [0.5, 0.6) is 5.75 Å². The molecule has 0 aliphatic rings. The van der Waals surface area contributed by atoms with Crippen LogP contribution in [0.1, 0.15) is 12.1 Å². The number of rotatable bonds is 4. The lowest BCUT2D eigenvalue weighted by Crippen LogP contribution is -1.99. The zero-order valence-corrected chi connectivity index (χ0v) is 11.5. The van der Waals surface area contributed by atoms with E-state index in [4.69, 9.17) is 5.73 Å². The van der Waals surface area contributed by atoms with Crippen molar-refractivity contribution in [2.75, 3.05) is 6.54 Å². The molecule has 5 nitrogen and oxygen atoms in total. The van der Waals surface area contributed by atoms with Gasteiger partial charge in [-0.15, -0.1) is 10.2 Å². The van der Waals surface area contributed by atoms with Crippen molar-refractivity contribution < 1.29 is 5.11 Å². The third kappa shape index (κ3) is 2.51. The summed E-state index contributed by atoms with van der Waals surface area (Å²) >= 11 is 0. The molecule has 0 bridgehead atoms. The van der Waals surface area contributed by atoms with Crippen molar-refractivity contribution in [2.45, 2.75) is 6.42 Å². The average Bonchev–Trinajstić information content (AvgIpc) is 2.91. The Balaban J connectivity index is 2.05. The van der Waals surface area contributed by atoms with Crippen molar-refractivity contribution in [3.8, 4) is 17.0 Å². The summed E-state index contributed by atoms with van der Waals surface area (Å²) in [4.78, 5) is 3.18. The quantitative estimate of drug-likeness (QED) is 0.685. The van der Waals surface area contributed by atoms with E-state index in [9.17, 15) is 5.11 Å². The molecule has 21 heavy (non-hydrogen) atoms. The number of H-pyrrole nitrogens is 1. The normalized spacial score (nSPS) is 10.9. The number of aromatic amines is 1. The Morgan fingerprint density at radius 3 is 2.81 bits per heavy atom. The third-order valence-electron chi connectivity index (χ3n) is 3.38. The summed E-state index contributed by atoms with van der Waals surface area (Å²) in [5.74, 6) is 0.189. The molecule has 3 aromatic rings. The summed E-state index contributed by atoms with van der Waals surface area (Å²) in [5.41, 5.74) is 9.40. The lowest BCUT2D eigenvalue weighted by Gasteiger charge is -2.02. The highest BCUT2D eigenvalue weighted by atomic mass is 16.3. The van der Waals surface area contributed by atoms with Crippen LogP contribution in [0.25, 0.3) is 27.9 Å². The lowest BCUT2D eigenvalue weighted by molar-refractivity contribution is 0.477. The molecule has 0 spiro atoms. The van der Waals surface area contributed by atoms with Gasteiger partial charge in [0.2, 0.25) is 0 Å². The average molecular weight is 280 g/mol. The van der Waals surface area contributed by atoms with Gasteiger partial charge in [-0.05, 0) is 42.8 Å². The van der Waals surface area contributed by atoms with Crippen LogP contribution in [-0.4, -0.2) is 26.8 Å². The van der Waals surface area contributed by atoms with E-state index in [1.807, 2.05) is 24.3 Å². The molecule has 0 amide bonds. The number of phenolic OH excluding ortho intramolecular Hbond substituents is 1. The fourth-order valence-electron chi connectivity index (χ4n) is 2.25. The monoisotopic (exact) mass is 280 g/mol. The van der Waals surface area contributed by atoms with E-state index in [0.29, 0.717) is 23.4 Å². The predicted octanol–water partition coefficient (Wildman–Crippen LogP) is 2.69. The molecule has 106 valence electrons. The van der Waals surface area contributed by atoms with Crippen LogP contribution in [-0.2, 0) is 0 Å². The van der Waals surface area contributed by atoms with Crippen molar-refractivity contribution >= 4 is 16.6 Å². The fraction of sp³-hybridized carbons (Fsp3) is 0.125. The number of hydrogen-bond donors (Lipinski definition) is 3. The second kappa shape index (κ2) is 5.38. The Morgan fingerprint density at radius 1 is 1.24 bits per heavy atom. The zero-order chi connectivity index (χ0) is 14.8. The predicted molar refractivity (Wildman–Crippen MR) is 83.7 cm³/mol. The van der Waals surface area contributed by atoms with E-state index in [-0.39, 0.29) is 5.75 Å². The Bertz CT molecular complexity index is 807. The molecular weight excluding hydrogens is 264 g/mol. The number of fused-ring (bicyclic) bond motifs is 1. The summed E-state index contributed by atoms with van der Waals surface area (Å²) in [6.45, 7) is 4.56. The van der Waals surface area contributed by atoms with Crippen LogP contribution in [0.4, 0.5) is 0 Å². The topological polar surface area (TPSA) is 87.8 Å². The maximum atomic E-state index is 9.90. The first-order valence-corrected chi connectivity index (χ1v) is 6.72. The largest absolute Gasteiger partial charge is 0.507 e. The lowest BCUT2D eigenvalue weighted by atomic mass is 10.1. The molecule has 0 saturated carbocycles. The minimum absolute atomic E-state index is 0.189. The first-order chi connectivity index (χ1) is 10.2. The summed E-state index contributed by atoms with van der Waals surface area (Å²) < 4.78 is 0. The second-order valence-electron chi connectivity index (χ2n) is 4.88. The van der Waals surface area contributed by atoms with Crippen LogP contribution in [0.3, 0.4) is 0 Å². The molecule has 0 atom stereocenters. The summed E-state index contributed by atoms with van der Waals surface area (Å²) in [7, 11) is 0. The number of benzene rings is 1. The molecule has 4 N–H and O–H groups in total.